The lowest BCUT2D eigenvalue weighted by molar-refractivity contribution is 0.0955. The maximum Gasteiger partial charge on any atom is 0.271 e. The first-order valence-electron chi connectivity index (χ1n) is 8.02. The van der Waals surface area contributed by atoms with Crippen molar-refractivity contribution in [3.8, 4) is 5.75 Å². The summed E-state index contributed by atoms with van der Waals surface area (Å²) in [5.74, 6) is 0.487. The molecular formula is C20H16Br2N2O2. The van der Waals surface area contributed by atoms with Crippen LogP contribution in [0.4, 0.5) is 0 Å². The molecule has 0 heterocycles. The Morgan fingerprint density at radius 2 is 1.77 bits per heavy atom. The molecule has 0 saturated heterocycles. The minimum atomic E-state index is -0.254. The van der Waals surface area contributed by atoms with Gasteiger partial charge in [-0.2, -0.15) is 5.10 Å². The highest BCUT2D eigenvalue weighted by atomic mass is 79.9. The van der Waals surface area contributed by atoms with Crippen LogP contribution in [0.2, 0.25) is 0 Å². The van der Waals surface area contributed by atoms with Crippen LogP contribution in [0.1, 0.15) is 22.8 Å². The van der Waals surface area contributed by atoms with Crippen molar-refractivity contribution in [3.63, 3.8) is 0 Å². The highest BCUT2D eigenvalue weighted by Gasteiger charge is 2.08. The van der Waals surface area contributed by atoms with E-state index >= 15 is 0 Å². The van der Waals surface area contributed by atoms with Crippen LogP contribution in [0.3, 0.4) is 0 Å². The van der Waals surface area contributed by atoms with Crippen LogP contribution < -0.4 is 10.2 Å². The van der Waals surface area contributed by atoms with Crippen LogP contribution in [0.15, 0.2) is 68.6 Å². The number of fused-ring (bicyclic) bond motifs is 1. The molecule has 0 spiro atoms. The van der Waals surface area contributed by atoms with E-state index in [1.165, 1.54) is 0 Å². The lowest BCUT2D eigenvalue weighted by Gasteiger charge is -2.09. The maximum absolute atomic E-state index is 12.3. The summed E-state index contributed by atoms with van der Waals surface area (Å²) in [6.45, 7) is 2.50. The molecule has 1 amide bonds. The van der Waals surface area contributed by atoms with Gasteiger partial charge in [0.2, 0.25) is 0 Å². The third-order valence-corrected chi connectivity index (χ3v) is 4.88. The largest absolute Gasteiger partial charge is 0.492 e. The van der Waals surface area contributed by atoms with Crippen LogP contribution in [-0.4, -0.2) is 18.7 Å². The number of amides is 1. The average molecular weight is 476 g/mol. The van der Waals surface area contributed by atoms with Crippen molar-refractivity contribution >= 4 is 54.8 Å². The number of rotatable bonds is 5. The quantitative estimate of drug-likeness (QED) is 0.389. The molecule has 6 heteroatoms. The minimum Gasteiger partial charge on any atom is -0.492 e. The molecule has 0 saturated carbocycles. The van der Waals surface area contributed by atoms with Gasteiger partial charge in [-0.05, 0) is 79.4 Å². The van der Waals surface area contributed by atoms with E-state index < -0.39 is 0 Å². The summed E-state index contributed by atoms with van der Waals surface area (Å²) >= 11 is 6.95. The second-order valence-electron chi connectivity index (χ2n) is 5.51. The Balaban J connectivity index is 1.72. The number of carbonyl (C=O) groups is 1. The van der Waals surface area contributed by atoms with E-state index in [0.29, 0.717) is 12.2 Å². The Bertz CT molecular complexity index is 963. The Hall–Kier alpha value is -2.18. The lowest BCUT2D eigenvalue weighted by atomic mass is 10.1. The SMILES string of the molecule is CCOc1c(Br)cc(/C=N\NC(=O)c2ccc3ccccc3c2)cc1Br. The molecule has 4 nitrogen and oxygen atoms in total. The van der Waals surface area contributed by atoms with Crippen LogP contribution in [0, 0.1) is 0 Å². The van der Waals surface area contributed by atoms with Crippen LogP contribution in [0.25, 0.3) is 10.8 Å². The van der Waals surface area contributed by atoms with E-state index in [2.05, 4.69) is 42.4 Å². The van der Waals surface area contributed by atoms with Gasteiger partial charge in [0.05, 0.1) is 21.8 Å². The zero-order valence-electron chi connectivity index (χ0n) is 14.0. The van der Waals surface area contributed by atoms with Gasteiger partial charge in [0.1, 0.15) is 5.75 Å². The Labute approximate surface area is 168 Å². The predicted molar refractivity (Wildman–Crippen MR) is 112 cm³/mol. The molecule has 26 heavy (non-hydrogen) atoms. The molecular weight excluding hydrogens is 460 g/mol. The van der Waals surface area contributed by atoms with Crippen molar-refractivity contribution in [2.24, 2.45) is 5.10 Å². The standard InChI is InChI=1S/C20H16Br2N2O2/c1-2-26-19-17(21)9-13(10-18(19)22)12-23-24-20(25)16-8-7-14-5-3-4-6-15(14)11-16/h3-12H,2H2,1H3,(H,24,25)/b23-12-. The van der Waals surface area contributed by atoms with Crippen molar-refractivity contribution < 1.29 is 9.53 Å². The molecule has 0 fully saturated rings. The van der Waals surface area contributed by atoms with Gasteiger partial charge in [0.25, 0.3) is 5.91 Å². The summed E-state index contributed by atoms with van der Waals surface area (Å²) in [6.07, 6.45) is 1.59. The van der Waals surface area contributed by atoms with Crippen molar-refractivity contribution in [1.29, 1.82) is 0 Å². The van der Waals surface area contributed by atoms with Crippen molar-refractivity contribution in [2.45, 2.75) is 6.92 Å². The summed E-state index contributed by atoms with van der Waals surface area (Å²) in [4.78, 5) is 12.3. The van der Waals surface area contributed by atoms with E-state index in [1.54, 1.807) is 12.3 Å². The molecule has 3 rings (SSSR count). The fourth-order valence-corrected chi connectivity index (χ4v) is 3.95. The van der Waals surface area contributed by atoms with Gasteiger partial charge in [-0.3, -0.25) is 4.79 Å². The van der Waals surface area contributed by atoms with Gasteiger partial charge in [0, 0.05) is 5.56 Å². The first kappa shape index (κ1) is 18.6. The normalized spacial score (nSPS) is 11.0. The number of halogens is 2. The molecule has 132 valence electrons. The van der Waals surface area contributed by atoms with E-state index in [-0.39, 0.29) is 5.91 Å². The van der Waals surface area contributed by atoms with Gasteiger partial charge in [-0.25, -0.2) is 5.43 Å². The summed E-state index contributed by atoms with van der Waals surface area (Å²) in [5.41, 5.74) is 3.95. The molecule has 3 aromatic carbocycles. The monoisotopic (exact) mass is 474 g/mol. The number of nitrogens with zero attached hydrogens (tertiary/aromatic N) is 1. The second kappa shape index (κ2) is 8.47. The Morgan fingerprint density at radius 3 is 2.46 bits per heavy atom. The van der Waals surface area contributed by atoms with Crippen LogP contribution >= 0.6 is 31.9 Å². The van der Waals surface area contributed by atoms with Gasteiger partial charge in [-0.15, -0.1) is 0 Å². The molecule has 0 aliphatic carbocycles. The maximum atomic E-state index is 12.3. The molecule has 0 radical (unpaired) electrons. The molecule has 0 unspecified atom stereocenters. The Kier molecular flexibility index (Phi) is 6.06. The predicted octanol–water partition coefficient (Wildman–Crippen LogP) is 5.53. The van der Waals surface area contributed by atoms with Crippen molar-refractivity contribution in [3.05, 3.63) is 74.7 Å². The first-order chi connectivity index (χ1) is 12.6. The van der Waals surface area contributed by atoms with Crippen LogP contribution in [0.5, 0.6) is 5.75 Å². The molecule has 0 bridgehead atoms. The fourth-order valence-electron chi connectivity index (χ4n) is 2.50. The third-order valence-electron chi connectivity index (χ3n) is 3.70. The Morgan fingerprint density at radius 1 is 1.08 bits per heavy atom. The number of ether oxygens (including phenoxy) is 1. The molecule has 1 N–H and O–H groups in total. The molecule has 0 aliphatic rings. The number of nitrogens with one attached hydrogen (secondary N) is 1. The van der Waals surface area contributed by atoms with Gasteiger partial charge in [0.15, 0.2) is 0 Å². The highest BCUT2D eigenvalue weighted by molar-refractivity contribution is 9.11. The fraction of sp³-hybridized carbons (Fsp3) is 0.100. The molecule has 3 aromatic rings. The van der Waals surface area contributed by atoms with E-state index in [0.717, 1.165) is 31.0 Å². The summed E-state index contributed by atoms with van der Waals surface area (Å²) in [7, 11) is 0. The van der Waals surface area contributed by atoms with E-state index in [1.807, 2.05) is 55.5 Å². The van der Waals surface area contributed by atoms with Crippen molar-refractivity contribution in [1.82, 2.24) is 5.43 Å². The van der Waals surface area contributed by atoms with Gasteiger partial charge in [-0.1, -0.05) is 30.3 Å². The lowest BCUT2D eigenvalue weighted by Crippen LogP contribution is -2.17. The second-order valence-corrected chi connectivity index (χ2v) is 7.22. The number of hydrazone groups is 1. The molecule has 0 aromatic heterocycles. The number of hydrogen-bond donors (Lipinski definition) is 1. The smallest absolute Gasteiger partial charge is 0.271 e. The number of carbonyl (C=O) groups excluding carboxylic acids is 1. The van der Waals surface area contributed by atoms with Crippen molar-refractivity contribution in [2.75, 3.05) is 6.61 Å². The zero-order chi connectivity index (χ0) is 18.5. The van der Waals surface area contributed by atoms with Crippen LogP contribution in [-0.2, 0) is 0 Å². The summed E-state index contributed by atoms with van der Waals surface area (Å²) < 4.78 is 7.18. The first-order valence-corrected chi connectivity index (χ1v) is 9.61. The zero-order valence-corrected chi connectivity index (χ0v) is 17.2. The minimum absolute atomic E-state index is 0.254. The molecule has 0 atom stereocenters. The van der Waals surface area contributed by atoms with E-state index in [4.69, 9.17) is 4.74 Å². The van der Waals surface area contributed by atoms with Gasteiger partial charge >= 0.3 is 0 Å². The topological polar surface area (TPSA) is 50.7 Å². The van der Waals surface area contributed by atoms with E-state index in [9.17, 15) is 4.79 Å². The number of benzene rings is 3. The summed E-state index contributed by atoms with van der Waals surface area (Å²) in [6, 6.07) is 17.2. The highest BCUT2D eigenvalue weighted by Crippen LogP contribution is 2.34. The van der Waals surface area contributed by atoms with Gasteiger partial charge < -0.3 is 4.74 Å². The summed E-state index contributed by atoms with van der Waals surface area (Å²) in [5, 5.41) is 6.16. The number of hydrogen-bond acceptors (Lipinski definition) is 3. The third kappa shape index (κ3) is 4.31. The average Bonchev–Trinajstić information content (AvgIpc) is 2.64. The molecule has 0 aliphatic heterocycles.